The molecule has 1 aliphatic rings. The van der Waals surface area contributed by atoms with Crippen molar-refractivity contribution in [1.29, 1.82) is 0 Å². The van der Waals surface area contributed by atoms with Crippen molar-refractivity contribution in [2.75, 3.05) is 6.54 Å². The Morgan fingerprint density at radius 3 is 2.33 bits per heavy atom. The van der Waals surface area contributed by atoms with Crippen molar-refractivity contribution in [1.82, 2.24) is 15.1 Å². The van der Waals surface area contributed by atoms with Gasteiger partial charge in [0.05, 0.1) is 16.1 Å². The average molecular weight is 614 g/mol. The summed E-state index contributed by atoms with van der Waals surface area (Å²) >= 11 is 5.81. The number of nitrogens with one attached hydrogen (secondary N) is 1. The molecule has 0 bridgehead atoms. The van der Waals surface area contributed by atoms with E-state index in [2.05, 4.69) is 22.1 Å². The second-order valence-electron chi connectivity index (χ2n) is 10.5. The normalized spacial score (nSPS) is 17.7. The molecule has 0 spiro atoms. The zero-order chi connectivity index (χ0) is 30.3. The van der Waals surface area contributed by atoms with E-state index in [0.29, 0.717) is 18.4 Å². The molecule has 1 aromatic carbocycles. The topological polar surface area (TPSA) is 90.3 Å². The van der Waals surface area contributed by atoms with E-state index in [9.17, 15) is 26.7 Å². The Hall–Kier alpha value is -2.54. The van der Waals surface area contributed by atoms with Crippen LogP contribution < -0.4 is 10.1 Å². The predicted molar refractivity (Wildman–Crippen MR) is 141 cm³/mol. The quantitative estimate of drug-likeness (QED) is 0.313. The molecule has 14 heteroatoms. The minimum absolute atomic E-state index is 0.0425. The van der Waals surface area contributed by atoms with Crippen molar-refractivity contribution in [2.24, 2.45) is 17.3 Å². The first kappa shape index (κ1) is 33.7. The summed E-state index contributed by atoms with van der Waals surface area (Å²) in [5, 5.41) is 7.13. The fourth-order valence-corrected chi connectivity index (χ4v) is 4.92. The highest BCUT2D eigenvalue weighted by Crippen LogP contribution is 2.43. The van der Waals surface area contributed by atoms with Gasteiger partial charge in [0, 0.05) is 18.7 Å². The van der Waals surface area contributed by atoms with Crippen LogP contribution in [-0.2, 0) is 24.5 Å². The first-order chi connectivity index (χ1) is 18.6. The first-order valence-electron chi connectivity index (χ1n) is 12.8. The lowest BCUT2D eigenvalue weighted by Gasteiger charge is -2.28. The molecule has 1 N–H and O–H groups in total. The zero-order valence-corrected chi connectivity index (χ0v) is 24.2. The Labute approximate surface area is 238 Å². The number of benzene rings is 1. The number of nitrogens with zero attached hydrogens (tertiary/aromatic N) is 2. The van der Waals surface area contributed by atoms with Gasteiger partial charge in [0.1, 0.15) is 5.75 Å². The lowest BCUT2D eigenvalue weighted by molar-refractivity contribution is -0.211. The van der Waals surface area contributed by atoms with Crippen LogP contribution in [-0.4, -0.2) is 43.4 Å². The van der Waals surface area contributed by atoms with Crippen molar-refractivity contribution >= 4 is 29.1 Å². The Morgan fingerprint density at radius 1 is 1.20 bits per heavy atom. The summed E-state index contributed by atoms with van der Waals surface area (Å²) in [6.07, 6.45) is -0.661. The molecule has 1 aromatic heterocycles. The van der Waals surface area contributed by atoms with Gasteiger partial charge in [-0.05, 0) is 55.7 Å². The molecule has 7 nitrogen and oxygen atoms in total. The molecule has 1 fully saturated rings. The standard InChI is InChI=1S/C26H33ClF5N3O2.O2S/c1-5-35-22(20(27)21(34-35)23(36)33-14-16-8-6-15(2)7-9-16)18-11-10-17(12-19(18)37-24(28)29)13-25(3,4)26(30,31)32;1-3-2/h10-12,15-16,24H,5-9,13-14H2,1-4H3,(H,33,36);. The van der Waals surface area contributed by atoms with Gasteiger partial charge in [-0.1, -0.05) is 51.3 Å². The fourth-order valence-electron chi connectivity index (χ4n) is 4.60. The molecule has 2 aromatic rings. The van der Waals surface area contributed by atoms with Gasteiger partial charge in [-0.2, -0.15) is 35.5 Å². The Morgan fingerprint density at radius 2 is 1.80 bits per heavy atom. The van der Waals surface area contributed by atoms with Crippen LogP contribution in [0.25, 0.3) is 11.3 Å². The largest absolute Gasteiger partial charge is 0.434 e. The fraction of sp³-hybridized carbons (Fsp3) is 0.615. The number of amides is 1. The van der Waals surface area contributed by atoms with E-state index in [-0.39, 0.29) is 39.8 Å². The van der Waals surface area contributed by atoms with Crippen LogP contribution in [0.15, 0.2) is 18.2 Å². The summed E-state index contributed by atoms with van der Waals surface area (Å²) in [6.45, 7) is 3.56. The van der Waals surface area contributed by atoms with Crippen LogP contribution in [0.5, 0.6) is 5.75 Å². The van der Waals surface area contributed by atoms with Crippen LogP contribution in [0.2, 0.25) is 5.02 Å². The van der Waals surface area contributed by atoms with Gasteiger partial charge >= 0.3 is 24.4 Å². The zero-order valence-electron chi connectivity index (χ0n) is 22.6. The molecule has 3 rings (SSSR count). The number of alkyl halides is 5. The summed E-state index contributed by atoms with van der Waals surface area (Å²) in [6, 6.07) is 3.94. The van der Waals surface area contributed by atoms with Crippen molar-refractivity contribution in [3.63, 3.8) is 0 Å². The maximum Gasteiger partial charge on any atom is 0.394 e. The van der Waals surface area contributed by atoms with Crippen molar-refractivity contribution in [3.8, 4) is 17.0 Å². The maximum atomic E-state index is 13.4. The molecular weight excluding hydrogens is 581 g/mol. The summed E-state index contributed by atoms with van der Waals surface area (Å²) in [7, 11) is 0. The number of carbonyl (C=O) groups excluding carboxylic acids is 1. The first-order valence-corrected chi connectivity index (χ1v) is 13.8. The van der Waals surface area contributed by atoms with E-state index in [4.69, 9.17) is 20.0 Å². The highest BCUT2D eigenvalue weighted by atomic mass is 35.5. The molecule has 1 saturated carbocycles. The van der Waals surface area contributed by atoms with Gasteiger partial charge in [-0.3, -0.25) is 9.48 Å². The summed E-state index contributed by atoms with van der Waals surface area (Å²) in [5.74, 6) is 0.230. The van der Waals surface area contributed by atoms with Gasteiger partial charge in [0.25, 0.3) is 5.91 Å². The van der Waals surface area contributed by atoms with Gasteiger partial charge in [-0.15, -0.1) is 0 Å². The smallest absolute Gasteiger partial charge is 0.394 e. The highest BCUT2D eigenvalue weighted by molar-refractivity contribution is 7.51. The molecule has 1 aliphatic carbocycles. The molecule has 0 atom stereocenters. The van der Waals surface area contributed by atoms with Crippen LogP contribution in [0.1, 0.15) is 69.4 Å². The maximum absolute atomic E-state index is 13.4. The molecule has 0 saturated heterocycles. The van der Waals surface area contributed by atoms with E-state index in [1.54, 1.807) is 6.92 Å². The van der Waals surface area contributed by atoms with E-state index < -0.39 is 42.1 Å². The lowest BCUT2D eigenvalue weighted by atomic mass is 9.83. The average Bonchev–Trinajstić information content (AvgIpc) is 3.19. The number of rotatable bonds is 9. The lowest BCUT2D eigenvalue weighted by Crippen LogP contribution is -2.34. The summed E-state index contributed by atoms with van der Waals surface area (Å²) < 4.78 is 89.4. The van der Waals surface area contributed by atoms with E-state index in [0.717, 1.165) is 45.6 Å². The molecular formula is C26H33ClF5N3O4S. The number of aryl methyl sites for hydroxylation is 1. The molecule has 0 aliphatic heterocycles. The molecule has 224 valence electrons. The molecule has 0 unspecified atom stereocenters. The molecule has 0 radical (unpaired) electrons. The third kappa shape index (κ3) is 8.73. The number of carbonyl (C=O) groups is 1. The SMILES string of the molecule is CCn1nc(C(=O)NCC2CCC(C)CC2)c(Cl)c1-c1ccc(CC(C)(C)C(F)(F)F)cc1OC(F)F.O=S=O. The van der Waals surface area contributed by atoms with Crippen molar-refractivity contribution < 1.29 is 39.9 Å². The third-order valence-electron chi connectivity index (χ3n) is 7.03. The van der Waals surface area contributed by atoms with Crippen LogP contribution in [0.3, 0.4) is 0 Å². The van der Waals surface area contributed by atoms with Gasteiger partial charge in [0.15, 0.2) is 5.69 Å². The second kappa shape index (κ2) is 14.4. The summed E-state index contributed by atoms with van der Waals surface area (Å²) in [5.41, 5.74) is -1.68. The summed E-state index contributed by atoms with van der Waals surface area (Å²) in [4.78, 5) is 12.9. The monoisotopic (exact) mass is 613 g/mol. The number of aromatic nitrogens is 2. The Balaban J connectivity index is 0.00000178. The molecule has 1 heterocycles. The number of halogens is 6. The van der Waals surface area contributed by atoms with Crippen LogP contribution >= 0.6 is 11.6 Å². The highest BCUT2D eigenvalue weighted by Gasteiger charge is 2.47. The second-order valence-corrected chi connectivity index (χ2v) is 11.0. The van der Waals surface area contributed by atoms with Gasteiger partial charge < -0.3 is 10.1 Å². The number of hydrogen-bond acceptors (Lipinski definition) is 5. The number of ether oxygens (including phenoxy) is 1. The van der Waals surface area contributed by atoms with E-state index in [1.165, 1.54) is 16.8 Å². The van der Waals surface area contributed by atoms with Crippen molar-refractivity contribution in [2.45, 2.75) is 79.1 Å². The van der Waals surface area contributed by atoms with Crippen molar-refractivity contribution in [3.05, 3.63) is 34.5 Å². The minimum Gasteiger partial charge on any atom is -0.434 e. The molecule has 1 amide bonds. The van der Waals surface area contributed by atoms with Crippen LogP contribution in [0, 0.1) is 17.3 Å². The van der Waals surface area contributed by atoms with Crippen LogP contribution in [0.4, 0.5) is 22.0 Å². The van der Waals surface area contributed by atoms with E-state index in [1.807, 2.05) is 0 Å². The van der Waals surface area contributed by atoms with E-state index >= 15 is 0 Å². The Kier molecular flexibility index (Phi) is 12.1. The predicted octanol–water partition coefficient (Wildman–Crippen LogP) is 6.84. The molecule has 40 heavy (non-hydrogen) atoms. The van der Waals surface area contributed by atoms with Gasteiger partial charge in [-0.25, -0.2) is 0 Å². The third-order valence-corrected chi connectivity index (χ3v) is 7.38. The number of hydrogen-bond donors (Lipinski definition) is 1. The minimum atomic E-state index is -4.49. The Bertz CT molecular complexity index is 1190. The van der Waals surface area contributed by atoms with Gasteiger partial charge in [0.2, 0.25) is 0 Å².